The molecular formula is C7H8NO11P3. The minimum atomic E-state index is -5.61. The van der Waals surface area contributed by atoms with Crippen LogP contribution in [0.5, 0.6) is 5.75 Å². The Hall–Kier alpha value is -1.15. The van der Waals surface area contributed by atoms with Crippen LogP contribution in [-0.2, 0) is 27.1 Å². The summed E-state index contributed by atoms with van der Waals surface area (Å²) >= 11 is 0. The molecule has 0 aromatic heterocycles. The molecule has 0 fully saturated rings. The number of rotatable bonds is 7. The molecule has 22 heavy (non-hydrogen) atoms. The molecule has 0 radical (unpaired) electrons. The molecule has 122 valence electrons. The van der Waals surface area contributed by atoms with Gasteiger partial charge in [-0.2, -0.15) is 13.6 Å². The van der Waals surface area contributed by atoms with Crippen molar-refractivity contribution in [3.8, 4) is 5.75 Å². The van der Waals surface area contributed by atoms with E-state index in [-0.39, 0.29) is 5.69 Å². The second kappa shape index (κ2) is 6.95. The van der Waals surface area contributed by atoms with E-state index < -0.39 is 29.2 Å². The van der Waals surface area contributed by atoms with Crippen molar-refractivity contribution >= 4 is 35.2 Å². The smallest absolute Gasteiger partial charge is 0.401 e. The van der Waals surface area contributed by atoms with Crippen LogP contribution in [0.25, 0.3) is 0 Å². The second-order valence-electron chi connectivity index (χ2n) is 3.35. The Morgan fingerprint density at radius 1 is 0.955 bits per heavy atom. The molecule has 1 aromatic carbocycles. The van der Waals surface area contributed by atoms with Gasteiger partial charge in [0.15, 0.2) is 5.75 Å². The van der Waals surface area contributed by atoms with E-state index in [1.54, 1.807) is 0 Å². The van der Waals surface area contributed by atoms with Crippen LogP contribution < -0.4 is 4.52 Å². The third-order valence-electron chi connectivity index (χ3n) is 1.66. The van der Waals surface area contributed by atoms with Crippen molar-refractivity contribution in [2.75, 3.05) is 0 Å². The van der Waals surface area contributed by atoms with Gasteiger partial charge in [-0.05, 0) is 12.1 Å². The van der Waals surface area contributed by atoms with Crippen molar-refractivity contribution in [1.82, 2.24) is 0 Å². The highest BCUT2D eigenvalue weighted by atomic mass is 31.3. The largest absolute Gasteiger partial charge is 0.536 e. The average Bonchev–Trinajstić information content (AvgIpc) is 2.26. The lowest BCUT2D eigenvalue weighted by atomic mass is 10.3. The first kappa shape index (κ1) is 18.9. The van der Waals surface area contributed by atoms with Gasteiger partial charge in [0.25, 0.3) is 0 Å². The van der Waals surface area contributed by atoms with Crippen molar-refractivity contribution in [3.05, 3.63) is 24.3 Å². The van der Waals surface area contributed by atoms with E-state index in [0.29, 0.717) is 0 Å². The van der Waals surface area contributed by atoms with Crippen LogP contribution in [0, 0.1) is 0 Å². The summed E-state index contributed by atoms with van der Waals surface area (Å²) in [5, 5.41) is 0. The van der Waals surface area contributed by atoms with Gasteiger partial charge in [0.2, 0.25) is 6.08 Å². The van der Waals surface area contributed by atoms with Crippen LogP contribution in [0.15, 0.2) is 29.3 Å². The van der Waals surface area contributed by atoms with E-state index in [0.717, 1.165) is 12.1 Å². The third-order valence-corrected chi connectivity index (χ3v) is 5.42. The summed E-state index contributed by atoms with van der Waals surface area (Å²) in [6.07, 6.45) is 1.14. The van der Waals surface area contributed by atoms with Crippen LogP contribution in [0.2, 0.25) is 0 Å². The summed E-state index contributed by atoms with van der Waals surface area (Å²) in [5.74, 6) is -0.493. The number of aliphatic imine (C=N–C) groups is 1. The zero-order valence-corrected chi connectivity index (χ0v) is 12.9. The molecule has 0 saturated heterocycles. The lowest BCUT2D eigenvalue weighted by molar-refractivity contribution is 0.207. The van der Waals surface area contributed by atoms with Gasteiger partial charge in [-0.3, -0.25) is 4.89 Å². The number of isocyanates is 1. The Balaban J connectivity index is 2.97. The summed E-state index contributed by atoms with van der Waals surface area (Å²) < 4.78 is 44.5. The summed E-state index contributed by atoms with van der Waals surface area (Å²) in [6, 6.07) is 4.95. The Bertz CT molecular complexity index is 735. The summed E-state index contributed by atoms with van der Waals surface area (Å²) in [6.45, 7) is 0. The Morgan fingerprint density at radius 2 is 1.55 bits per heavy atom. The molecule has 4 N–H and O–H groups in total. The second-order valence-corrected chi connectivity index (χ2v) is 7.70. The molecule has 0 bridgehead atoms. The van der Waals surface area contributed by atoms with Gasteiger partial charge in [-0.15, -0.1) is 0 Å². The van der Waals surface area contributed by atoms with Gasteiger partial charge < -0.3 is 19.2 Å². The third kappa shape index (κ3) is 6.74. The molecule has 0 aliphatic rings. The Morgan fingerprint density at radius 3 is 2.09 bits per heavy atom. The van der Waals surface area contributed by atoms with Gasteiger partial charge in [0.05, 0.1) is 0 Å². The van der Waals surface area contributed by atoms with Crippen LogP contribution in [0.4, 0.5) is 5.69 Å². The highest BCUT2D eigenvalue weighted by Crippen LogP contribution is 2.66. The first-order valence-corrected chi connectivity index (χ1v) is 9.46. The van der Waals surface area contributed by atoms with Gasteiger partial charge in [0, 0.05) is 0 Å². The number of nitrogens with zero attached hydrogens (tertiary/aromatic N) is 1. The predicted molar refractivity (Wildman–Crippen MR) is 68.7 cm³/mol. The molecule has 0 aliphatic heterocycles. The fourth-order valence-corrected chi connectivity index (χ4v) is 4.14. The molecule has 2 atom stereocenters. The zero-order chi connectivity index (χ0) is 17.0. The highest BCUT2D eigenvalue weighted by molar-refractivity contribution is 7.66. The van der Waals surface area contributed by atoms with Crippen molar-refractivity contribution in [2.45, 2.75) is 0 Å². The number of phosphoric acid groups is 3. The number of carbonyl (C=O) groups excluding carboxylic acids is 1. The summed E-state index contributed by atoms with van der Waals surface area (Å²) in [5.41, 5.74) is -0.251. The average molecular weight is 375 g/mol. The maximum absolute atomic E-state index is 11.5. The number of benzene rings is 1. The predicted octanol–water partition coefficient (Wildman–Crippen LogP) is 1.36. The molecular weight excluding hydrogens is 367 g/mol. The highest BCUT2D eigenvalue weighted by Gasteiger charge is 2.41. The van der Waals surface area contributed by atoms with E-state index in [2.05, 4.69) is 18.1 Å². The number of hydrogen-bond acceptors (Lipinski definition) is 8. The molecule has 1 aromatic rings. The molecule has 0 saturated carbocycles. The topological polar surface area (TPSA) is 189 Å². The van der Waals surface area contributed by atoms with E-state index in [1.807, 2.05) is 0 Å². The summed E-state index contributed by atoms with van der Waals surface area (Å²) in [7, 11) is -16.4. The van der Waals surface area contributed by atoms with Gasteiger partial charge in [-0.25, -0.2) is 18.5 Å². The SMILES string of the molecule is O=C=Nc1ccccc1OP(=O)(O)OP(=O)(O)OP(=O)(O)O. The normalized spacial score (nSPS) is 16.9. The van der Waals surface area contributed by atoms with Crippen LogP contribution in [-0.4, -0.2) is 25.7 Å². The Kier molecular flexibility index (Phi) is 5.97. The minimum Gasteiger partial charge on any atom is -0.401 e. The lowest BCUT2D eigenvalue weighted by Gasteiger charge is -2.16. The van der Waals surface area contributed by atoms with Gasteiger partial charge in [-0.1, -0.05) is 12.1 Å². The number of para-hydroxylation sites is 2. The van der Waals surface area contributed by atoms with E-state index in [1.165, 1.54) is 18.2 Å². The molecule has 1 rings (SSSR count). The maximum Gasteiger partial charge on any atom is 0.536 e. The fraction of sp³-hybridized carbons (Fsp3) is 0. The lowest BCUT2D eigenvalue weighted by Crippen LogP contribution is -1.98. The minimum absolute atomic E-state index is 0.251. The van der Waals surface area contributed by atoms with Gasteiger partial charge in [0.1, 0.15) is 5.69 Å². The van der Waals surface area contributed by atoms with Gasteiger partial charge >= 0.3 is 23.5 Å². The van der Waals surface area contributed by atoms with Crippen molar-refractivity contribution in [1.29, 1.82) is 0 Å². The maximum atomic E-state index is 11.5. The van der Waals surface area contributed by atoms with Crippen LogP contribution in [0.3, 0.4) is 0 Å². The first-order chi connectivity index (χ1) is 9.94. The molecule has 0 heterocycles. The molecule has 12 nitrogen and oxygen atoms in total. The van der Waals surface area contributed by atoms with E-state index in [4.69, 9.17) is 14.7 Å². The van der Waals surface area contributed by atoms with E-state index in [9.17, 15) is 23.4 Å². The van der Waals surface area contributed by atoms with Crippen molar-refractivity contribution < 1.29 is 51.2 Å². The summed E-state index contributed by atoms with van der Waals surface area (Å²) in [4.78, 5) is 48.3. The number of hydrogen-bond donors (Lipinski definition) is 4. The van der Waals surface area contributed by atoms with Crippen LogP contribution in [0.1, 0.15) is 0 Å². The van der Waals surface area contributed by atoms with Crippen molar-refractivity contribution in [2.24, 2.45) is 4.99 Å². The quantitative estimate of drug-likeness (QED) is 0.306. The van der Waals surface area contributed by atoms with Crippen LogP contribution >= 0.6 is 23.5 Å². The standard InChI is InChI=1S/C7H8NO11P3/c9-5-8-6-3-1-2-4-7(6)17-21(13,14)19-22(15,16)18-20(10,11)12/h1-4H,(H,13,14)(H,15,16)(H2,10,11,12). The van der Waals surface area contributed by atoms with E-state index >= 15 is 0 Å². The molecule has 0 amide bonds. The molecule has 15 heteroatoms. The first-order valence-electron chi connectivity index (χ1n) is 4.94. The molecule has 0 aliphatic carbocycles. The number of phosphoric ester groups is 1. The monoisotopic (exact) mass is 375 g/mol. The Labute approximate surface area is 122 Å². The fourth-order valence-electron chi connectivity index (χ4n) is 1.10. The zero-order valence-electron chi connectivity index (χ0n) is 10.2. The molecule has 2 unspecified atom stereocenters. The molecule has 0 spiro atoms. The van der Waals surface area contributed by atoms with Crippen molar-refractivity contribution in [3.63, 3.8) is 0 Å².